The highest BCUT2D eigenvalue weighted by Crippen LogP contribution is 2.35. The first-order valence-corrected chi connectivity index (χ1v) is 10.4. The maximum Gasteiger partial charge on any atom is 0.250 e. The fourth-order valence-corrected chi connectivity index (χ4v) is 5.03. The van der Waals surface area contributed by atoms with Crippen molar-refractivity contribution in [2.45, 2.75) is 69.9 Å². The Morgan fingerprint density at radius 1 is 1.04 bits per heavy atom. The molecule has 1 saturated carbocycles. The minimum atomic E-state index is 0.00403. The number of carbonyl (C=O) groups is 2. The topological polar surface area (TPSA) is 71.4 Å². The molecule has 3 aliphatic rings. The number of nitrogens with one attached hydrogen (secondary N) is 1. The molecule has 2 amide bonds. The van der Waals surface area contributed by atoms with E-state index in [1.165, 1.54) is 19.3 Å². The number of hydrogen-bond acceptors (Lipinski definition) is 3. The molecule has 1 aliphatic carbocycles. The number of pyridine rings is 1. The molecule has 1 N–H and O–H groups in total. The van der Waals surface area contributed by atoms with Crippen molar-refractivity contribution < 1.29 is 9.59 Å². The molecule has 4 rings (SSSR count). The van der Waals surface area contributed by atoms with Crippen molar-refractivity contribution in [3.63, 3.8) is 0 Å². The number of amides is 2. The maximum atomic E-state index is 12.7. The first kappa shape index (κ1) is 18.3. The quantitative estimate of drug-likeness (QED) is 0.880. The van der Waals surface area contributed by atoms with Crippen molar-refractivity contribution in [3.05, 3.63) is 34.2 Å². The second-order valence-electron chi connectivity index (χ2n) is 8.40. The van der Waals surface area contributed by atoms with E-state index in [9.17, 15) is 14.4 Å². The number of nitrogens with zero attached hydrogens (tertiary/aromatic N) is 2. The molecule has 2 atom stereocenters. The summed E-state index contributed by atoms with van der Waals surface area (Å²) in [5, 5.41) is 3.09. The van der Waals surface area contributed by atoms with Crippen LogP contribution in [0.2, 0.25) is 0 Å². The van der Waals surface area contributed by atoms with Crippen LogP contribution in [0.25, 0.3) is 0 Å². The third-order valence-corrected chi connectivity index (χ3v) is 6.37. The van der Waals surface area contributed by atoms with Crippen LogP contribution >= 0.6 is 0 Å². The van der Waals surface area contributed by atoms with Gasteiger partial charge < -0.3 is 14.8 Å². The van der Waals surface area contributed by atoms with Crippen molar-refractivity contribution in [1.29, 1.82) is 0 Å². The number of piperidine rings is 1. The molecule has 6 heteroatoms. The van der Waals surface area contributed by atoms with Gasteiger partial charge in [0.25, 0.3) is 5.56 Å². The van der Waals surface area contributed by atoms with E-state index >= 15 is 0 Å². The van der Waals surface area contributed by atoms with Crippen LogP contribution < -0.4 is 10.9 Å². The predicted octanol–water partition coefficient (Wildman–Crippen LogP) is 2.02. The lowest BCUT2D eigenvalue weighted by molar-refractivity contribution is -0.136. The minimum absolute atomic E-state index is 0.00403. The lowest BCUT2D eigenvalue weighted by Crippen LogP contribution is -2.49. The van der Waals surface area contributed by atoms with Gasteiger partial charge in [-0.05, 0) is 31.2 Å². The SMILES string of the molecule is O=C(CCC(=O)N1C[C@H]2C[C@@H](C1)c1cccc(=O)n1C2)NC1CCCCC1. The summed E-state index contributed by atoms with van der Waals surface area (Å²) < 4.78 is 1.87. The van der Waals surface area contributed by atoms with Crippen LogP contribution in [0.3, 0.4) is 0 Å². The van der Waals surface area contributed by atoms with Crippen molar-refractivity contribution in [2.24, 2.45) is 5.92 Å². The summed E-state index contributed by atoms with van der Waals surface area (Å²) in [5.74, 6) is 0.627. The summed E-state index contributed by atoms with van der Waals surface area (Å²) in [7, 11) is 0. The van der Waals surface area contributed by atoms with Crippen LogP contribution in [-0.2, 0) is 16.1 Å². The third-order valence-electron chi connectivity index (χ3n) is 6.37. The Hall–Kier alpha value is -2.11. The van der Waals surface area contributed by atoms with Crippen molar-refractivity contribution >= 4 is 11.8 Å². The van der Waals surface area contributed by atoms with Gasteiger partial charge in [0.2, 0.25) is 11.8 Å². The van der Waals surface area contributed by atoms with Crippen LogP contribution in [0, 0.1) is 5.92 Å². The zero-order valence-electron chi connectivity index (χ0n) is 15.9. The van der Waals surface area contributed by atoms with E-state index in [0.717, 1.165) is 25.0 Å². The molecule has 27 heavy (non-hydrogen) atoms. The fourth-order valence-electron chi connectivity index (χ4n) is 5.03. The zero-order valence-corrected chi connectivity index (χ0v) is 15.9. The molecule has 0 spiro atoms. The van der Waals surface area contributed by atoms with E-state index in [4.69, 9.17) is 0 Å². The Morgan fingerprint density at radius 3 is 2.67 bits per heavy atom. The lowest BCUT2D eigenvalue weighted by Gasteiger charge is -2.42. The number of hydrogen-bond donors (Lipinski definition) is 1. The van der Waals surface area contributed by atoms with Crippen LogP contribution in [0.4, 0.5) is 0 Å². The van der Waals surface area contributed by atoms with Crippen LogP contribution in [0.5, 0.6) is 0 Å². The standard InChI is InChI=1S/C21H29N3O3/c25-19(22-17-5-2-1-3-6-17)9-10-20(26)23-12-15-11-16(14-23)18-7-4-8-21(27)24(18)13-15/h4,7-8,15-17H,1-3,5-6,9-14H2,(H,22,25)/t15-,16+/m1/s1. The van der Waals surface area contributed by atoms with Gasteiger partial charge in [0, 0.05) is 56.2 Å². The second-order valence-corrected chi connectivity index (χ2v) is 8.40. The van der Waals surface area contributed by atoms with Gasteiger partial charge in [-0.2, -0.15) is 0 Å². The summed E-state index contributed by atoms with van der Waals surface area (Å²) in [6.07, 6.45) is 7.35. The number of fused-ring (bicyclic) bond motifs is 4. The summed E-state index contributed by atoms with van der Waals surface area (Å²) in [4.78, 5) is 38.9. The predicted molar refractivity (Wildman–Crippen MR) is 102 cm³/mol. The van der Waals surface area contributed by atoms with Gasteiger partial charge in [0.1, 0.15) is 0 Å². The van der Waals surface area contributed by atoms with Gasteiger partial charge in [-0.15, -0.1) is 0 Å². The minimum Gasteiger partial charge on any atom is -0.353 e. The largest absolute Gasteiger partial charge is 0.353 e. The number of carbonyl (C=O) groups excluding carboxylic acids is 2. The van der Waals surface area contributed by atoms with E-state index in [2.05, 4.69) is 5.32 Å². The molecule has 0 aromatic carbocycles. The smallest absolute Gasteiger partial charge is 0.250 e. The van der Waals surface area contributed by atoms with E-state index in [0.29, 0.717) is 31.6 Å². The van der Waals surface area contributed by atoms with Crippen molar-refractivity contribution in [1.82, 2.24) is 14.8 Å². The Labute approximate surface area is 159 Å². The molecule has 1 aromatic rings. The van der Waals surface area contributed by atoms with Crippen molar-refractivity contribution in [3.8, 4) is 0 Å². The molecule has 2 aliphatic heterocycles. The lowest BCUT2D eigenvalue weighted by atomic mass is 9.83. The Morgan fingerprint density at radius 2 is 1.85 bits per heavy atom. The van der Waals surface area contributed by atoms with Gasteiger partial charge in [-0.25, -0.2) is 0 Å². The average Bonchev–Trinajstić information content (AvgIpc) is 2.67. The highest BCUT2D eigenvalue weighted by molar-refractivity contribution is 5.84. The monoisotopic (exact) mass is 371 g/mol. The molecule has 1 saturated heterocycles. The summed E-state index contributed by atoms with van der Waals surface area (Å²) in [6, 6.07) is 5.72. The van der Waals surface area contributed by atoms with E-state index in [-0.39, 0.29) is 36.1 Å². The summed E-state index contributed by atoms with van der Waals surface area (Å²) >= 11 is 0. The van der Waals surface area contributed by atoms with Gasteiger partial charge >= 0.3 is 0 Å². The normalized spacial score (nSPS) is 25.0. The molecule has 3 heterocycles. The molecule has 0 unspecified atom stereocenters. The van der Waals surface area contributed by atoms with Crippen molar-refractivity contribution in [2.75, 3.05) is 13.1 Å². The van der Waals surface area contributed by atoms with E-state index < -0.39 is 0 Å². The zero-order chi connectivity index (χ0) is 18.8. The molecular formula is C21H29N3O3. The van der Waals surface area contributed by atoms with Crippen LogP contribution in [0.15, 0.2) is 23.0 Å². The molecule has 6 nitrogen and oxygen atoms in total. The fraction of sp³-hybridized carbons (Fsp3) is 0.667. The molecule has 1 aromatic heterocycles. The third kappa shape index (κ3) is 4.09. The Balaban J connectivity index is 1.31. The van der Waals surface area contributed by atoms with E-state index in [1.54, 1.807) is 6.07 Å². The molecule has 146 valence electrons. The maximum absolute atomic E-state index is 12.7. The average molecular weight is 371 g/mol. The number of likely N-dealkylation sites (tertiary alicyclic amines) is 1. The first-order valence-electron chi connectivity index (χ1n) is 10.4. The van der Waals surface area contributed by atoms with Gasteiger partial charge in [0.05, 0.1) is 0 Å². The Kier molecular flexibility index (Phi) is 5.32. The molecule has 2 fully saturated rings. The molecular weight excluding hydrogens is 342 g/mol. The van der Waals surface area contributed by atoms with Gasteiger partial charge in [-0.1, -0.05) is 25.3 Å². The van der Waals surface area contributed by atoms with Gasteiger partial charge in [-0.3, -0.25) is 14.4 Å². The molecule has 0 radical (unpaired) electrons. The first-order chi connectivity index (χ1) is 13.1. The highest BCUT2D eigenvalue weighted by Gasteiger charge is 2.36. The Bertz CT molecular complexity index is 766. The number of rotatable bonds is 4. The summed E-state index contributed by atoms with van der Waals surface area (Å²) in [6.45, 7) is 2.04. The summed E-state index contributed by atoms with van der Waals surface area (Å²) in [5.41, 5.74) is 1.10. The van der Waals surface area contributed by atoms with E-state index in [1.807, 2.05) is 21.6 Å². The molecule has 2 bridgehead atoms. The van der Waals surface area contributed by atoms with Crippen LogP contribution in [-0.4, -0.2) is 40.4 Å². The second kappa shape index (κ2) is 7.87. The van der Waals surface area contributed by atoms with Gasteiger partial charge in [0.15, 0.2) is 0 Å². The van der Waals surface area contributed by atoms with Crippen LogP contribution in [0.1, 0.15) is 63.0 Å². The highest BCUT2D eigenvalue weighted by atomic mass is 16.2. The number of aromatic nitrogens is 1.